The summed E-state index contributed by atoms with van der Waals surface area (Å²) in [5.41, 5.74) is 1.98. The van der Waals surface area contributed by atoms with E-state index < -0.39 is 12.0 Å². The first-order valence-corrected chi connectivity index (χ1v) is 15.5. The molecule has 3 heterocycles. The molecule has 0 bridgehead atoms. The first-order valence-electron chi connectivity index (χ1n) is 15.5. The van der Waals surface area contributed by atoms with Gasteiger partial charge in [-0.1, -0.05) is 42.5 Å². The molecule has 0 unspecified atom stereocenters. The lowest BCUT2D eigenvalue weighted by molar-refractivity contribution is -0.0499. The predicted molar refractivity (Wildman–Crippen MR) is 168 cm³/mol. The largest absolute Gasteiger partial charge is 0.489 e. The van der Waals surface area contributed by atoms with Gasteiger partial charge >= 0.3 is 6.61 Å². The van der Waals surface area contributed by atoms with Crippen LogP contribution in [0.25, 0.3) is 10.9 Å². The Morgan fingerprint density at radius 3 is 2.30 bits per heavy atom. The summed E-state index contributed by atoms with van der Waals surface area (Å²) in [4.78, 5) is 35.9. The number of halogens is 2. The topological polar surface area (TPSA) is 95.8 Å². The zero-order valence-corrected chi connectivity index (χ0v) is 25.3. The number of carbonyl (C=O) groups is 2. The molecule has 1 aromatic heterocycles. The summed E-state index contributed by atoms with van der Waals surface area (Å²) in [6.07, 6.45) is 3.90. The Labute approximate surface area is 266 Å². The van der Waals surface area contributed by atoms with Crippen LogP contribution in [0.5, 0.6) is 11.5 Å². The molecule has 10 heteroatoms. The van der Waals surface area contributed by atoms with Gasteiger partial charge < -0.3 is 19.3 Å². The third-order valence-electron chi connectivity index (χ3n) is 8.85. The number of hydrogen-bond donors (Lipinski definition) is 0. The van der Waals surface area contributed by atoms with Crippen molar-refractivity contribution in [2.75, 3.05) is 26.2 Å². The lowest BCUT2D eigenvalue weighted by atomic mass is 9.74. The molecule has 236 valence electrons. The van der Waals surface area contributed by atoms with Crippen LogP contribution in [0.15, 0.2) is 78.9 Å². The number of aromatic nitrogens is 1. The molecule has 2 saturated heterocycles. The number of nitrogens with zero attached hydrogens (tertiary/aromatic N) is 4. The monoisotopic (exact) mass is 624 g/mol. The Bertz CT molecular complexity index is 1760. The number of carbonyl (C=O) groups excluding carboxylic acids is 2. The molecule has 0 radical (unpaired) electrons. The normalized spacial score (nSPS) is 16.2. The van der Waals surface area contributed by atoms with E-state index in [4.69, 9.17) is 4.74 Å². The summed E-state index contributed by atoms with van der Waals surface area (Å²) in [6, 6.07) is 25.2. The molecular weight excluding hydrogens is 590 g/mol. The van der Waals surface area contributed by atoms with E-state index in [-0.39, 0.29) is 29.9 Å². The summed E-state index contributed by atoms with van der Waals surface area (Å²) < 4.78 is 35.8. The smallest absolute Gasteiger partial charge is 0.387 e. The van der Waals surface area contributed by atoms with Crippen molar-refractivity contribution >= 4 is 22.7 Å². The van der Waals surface area contributed by atoms with Crippen molar-refractivity contribution < 1.29 is 27.8 Å². The van der Waals surface area contributed by atoms with Crippen LogP contribution in [0.1, 0.15) is 64.1 Å². The molecule has 2 fully saturated rings. The van der Waals surface area contributed by atoms with Crippen molar-refractivity contribution in [1.82, 2.24) is 14.8 Å². The van der Waals surface area contributed by atoms with Crippen LogP contribution in [0.2, 0.25) is 0 Å². The van der Waals surface area contributed by atoms with E-state index in [0.717, 1.165) is 24.8 Å². The van der Waals surface area contributed by atoms with Gasteiger partial charge in [-0.05, 0) is 79.6 Å². The van der Waals surface area contributed by atoms with E-state index in [0.29, 0.717) is 66.8 Å². The van der Waals surface area contributed by atoms with Crippen molar-refractivity contribution in [3.05, 3.63) is 101 Å². The van der Waals surface area contributed by atoms with Gasteiger partial charge in [-0.2, -0.15) is 14.0 Å². The molecule has 0 spiro atoms. The number of piperidine rings is 2. The second-order valence-electron chi connectivity index (χ2n) is 11.8. The van der Waals surface area contributed by atoms with Crippen LogP contribution in [0.3, 0.4) is 0 Å². The molecule has 46 heavy (non-hydrogen) atoms. The van der Waals surface area contributed by atoms with Crippen molar-refractivity contribution in [1.29, 1.82) is 5.26 Å². The minimum absolute atomic E-state index is 0.0394. The highest BCUT2D eigenvalue weighted by Gasteiger charge is 2.38. The average Bonchev–Trinajstić information content (AvgIpc) is 3.10. The van der Waals surface area contributed by atoms with Crippen LogP contribution in [0, 0.1) is 11.3 Å². The molecule has 2 amide bonds. The molecule has 8 nitrogen and oxygen atoms in total. The average molecular weight is 625 g/mol. The Morgan fingerprint density at radius 2 is 1.59 bits per heavy atom. The minimum atomic E-state index is -2.92. The van der Waals surface area contributed by atoms with Crippen LogP contribution in [-0.4, -0.2) is 59.4 Å². The molecule has 4 aromatic rings. The maximum atomic E-state index is 13.9. The number of hydrogen-bond acceptors (Lipinski definition) is 6. The van der Waals surface area contributed by atoms with E-state index in [1.165, 1.54) is 12.1 Å². The predicted octanol–water partition coefficient (Wildman–Crippen LogP) is 6.74. The molecule has 0 saturated carbocycles. The Balaban J connectivity index is 1.26. The van der Waals surface area contributed by atoms with Gasteiger partial charge in [0.2, 0.25) is 0 Å². The highest BCUT2D eigenvalue weighted by molar-refractivity contribution is 6.09. The second kappa shape index (κ2) is 13.5. The number of nitriles is 1. The fourth-order valence-electron chi connectivity index (χ4n) is 6.30. The minimum Gasteiger partial charge on any atom is -0.489 e. The van der Waals surface area contributed by atoms with Gasteiger partial charge in [-0.25, -0.2) is 4.98 Å². The van der Waals surface area contributed by atoms with Gasteiger partial charge in [0.05, 0.1) is 22.6 Å². The lowest BCUT2D eigenvalue weighted by Gasteiger charge is -2.37. The van der Waals surface area contributed by atoms with Crippen molar-refractivity contribution in [2.24, 2.45) is 0 Å². The van der Waals surface area contributed by atoms with E-state index in [1.807, 2.05) is 35.2 Å². The van der Waals surface area contributed by atoms with E-state index in [2.05, 4.69) is 15.8 Å². The zero-order valence-electron chi connectivity index (χ0n) is 25.3. The number of pyridine rings is 1. The maximum Gasteiger partial charge on any atom is 0.387 e. The Hall–Kier alpha value is -5.04. The molecule has 2 aliphatic heterocycles. The molecule has 6 rings (SSSR count). The SMILES string of the molecule is N#CC1(c2ccccc2)CCN(C(=O)c2cc(C(=O)N3CCCCC3)c3cc(OCc4cccc(OC(F)F)c4)ccc3n2)CC1. The quantitative estimate of drug-likeness (QED) is 0.216. The Morgan fingerprint density at radius 1 is 0.848 bits per heavy atom. The van der Waals surface area contributed by atoms with Gasteiger partial charge in [-0.3, -0.25) is 9.59 Å². The van der Waals surface area contributed by atoms with Crippen molar-refractivity contribution in [3.8, 4) is 17.6 Å². The first-order chi connectivity index (χ1) is 22.3. The molecule has 0 N–H and O–H groups in total. The third-order valence-corrected chi connectivity index (χ3v) is 8.85. The third kappa shape index (κ3) is 6.64. The molecule has 2 aliphatic rings. The first kappa shape index (κ1) is 31.0. The van der Waals surface area contributed by atoms with Gasteiger partial charge in [0.25, 0.3) is 11.8 Å². The summed E-state index contributed by atoms with van der Waals surface area (Å²) in [6.45, 7) is -0.762. The highest BCUT2D eigenvalue weighted by atomic mass is 19.3. The van der Waals surface area contributed by atoms with Gasteiger partial charge in [0.1, 0.15) is 23.8 Å². The molecular formula is C36H34F2N4O4. The number of ether oxygens (including phenoxy) is 2. The molecule has 0 atom stereocenters. The van der Waals surface area contributed by atoms with Crippen LogP contribution < -0.4 is 9.47 Å². The number of amides is 2. The second-order valence-corrected chi connectivity index (χ2v) is 11.8. The van der Waals surface area contributed by atoms with Crippen LogP contribution in [0.4, 0.5) is 8.78 Å². The van der Waals surface area contributed by atoms with Crippen molar-refractivity contribution in [2.45, 2.75) is 50.7 Å². The summed E-state index contributed by atoms with van der Waals surface area (Å²) >= 11 is 0. The van der Waals surface area contributed by atoms with Gasteiger partial charge in [0.15, 0.2) is 0 Å². The number of likely N-dealkylation sites (tertiary alicyclic amines) is 2. The number of rotatable bonds is 8. The standard InChI is InChI=1S/C36H34F2N4O4/c37-35(38)46-28-11-7-8-25(20-28)23-45-27-12-13-31-29(21-27)30(33(43)41-16-5-2-6-17-41)22-32(40-31)34(44)42-18-14-36(24-39,15-19-42)26-9-3-1-4-10-26/h1,3-4,7-13,20-22,35H,2,5-6,14-19,23H2. The number of benzene rings is 3. The van der Waals surface area contributed by atoms with Crippen molar-refractivity contribution in [3.63, 3.8) is 0 Å². The van der Waals surface area contributed by atoms with Gasteiger partial charge in [0, 0.05) is 31.6 Å². The van der Waals surface area contributed by atoms with Crippen LogP contribution >= 0.6 is 0 Å². The molecule has 3 aromatic carbocycles. The van der Waals surface area contributed by atoms with E-state index in [1.54, 1.807) is 41.3 Å². The fraction of sp³-hybridized carbons (Fsp3) is 0.333. The number of alkyl halides is 2. The lowest BCUT2D eigenvalue weighted by Crippen LogP contribution is -2.45. The summed E-state index contributed by atoms with van der Waals surface area (Å²) in [7, 11) is 0. The van der Waals surface area contributed by atoms with E-state index >= 15 is 0 Å². The number of fused-ring (bicyclic) bond motifs is 1. The highest BCUT2D eigenvalue weighted by Crippen LogP contribution is 2.35. The van der Waals surface area contributed by atoms with Crippen LogP contribution in [-0.2, 0) is 12.0 Å². The van der Waals surface area contributed by atoms with E-state index in [9.17, 15) is 23.6 Å². The summed E-state index contributed by atoms with van der Waals surface area (Å²) in [5, 5.41) is 10.7. The zero-order chi connectivity index (χ0) is 32.1. The fourth-order valence-corrected chi connectivity index (χ4v) is 6.30. The summed E-state index contributed by atoms with van der Waals surface area (Å²) in [5.74, 6) is 0.0605. The maximum absolute atomic E-state index is 13.9. The Kier molecular flexibility index (Phi) is 9.11. The molecule has 0 aliphatic carbocycles. The van der Waals surface area contributed by atoms with Gasteiger partial charge in [-0.15, -0.1) is 0 Å².